The molecule has 2 saturated heterocycles. The molecule has 2 unspecified atom stereocenters. The summed E-state index contributed by atoms with van der Waals surface area (Å²) in [6.45, 7) is 5.49. The Balaban J connectivity index is 1.47. The van der Waals surface area contributed by atoms with E-state index in [0.717, 1.165) is 37.8 Å². The van der Waals surface area contributed by atoms with Crippen LogP contribution in [0.3, 0.4) is 0 Å². The Morgan fingerprint density at radius 3 is 2.58 bits per heavy atom. The van der Waals surface area contributed by atoms with Gasteiger partial charge in [-0.15, -0.1) is 0 Å². The maximum absolute atomic E-state index is 12.0. The van der Waals surface area contributed by atoms with E-state index in [1.165, 1.54) is 5.56 Å². The van der Waals surface area contributed by atoms with Gasteiger partial charge in [-0.2, -0.15) is 0 Å². The zero-order valence-electron chi connectivity index (χ0n) is 14.9. The van der Waals surface area contributed by atoms with Crippen molar-refractivity contribution >= 4 is 11.9 Å². The first-order valence-corrected chi connectivity index (χ1v) is 9.09. The van der Waals surface area contributed by atoms with Crippen LogP contribution in [-0.2, 0) is 4.79 Å². The fourth-order valence-electron chi connectivity index (χ4n) is 3.76. The zero-order valence-corrected chi connectivity index (χ0v) is 14.9. The number of hydrazine groups is 1. The van der Waals surface area contributed by atoms with E-state index in [9.17, 15) is 4.79 Å². The number of rotatable bonds is 3. The molecule has 0 radical (unpaired) electrons. The quantitative estimate of drug-likeness (QED) is 0.860. The molecule has 7 nitrogen and oxygen atoms in total. The average Bonchev–Trinajstić information content (AvgIpc) is 2.69. The molecule has 136 valence electrons. The molecule has 0 aliphatic carbocycles. The zero-order chi connectivity index (χ0) is 17.9. The summed E-state index contributed by atoms with van der Waals surface area (Å²) in [7, 11) is 0. The van der Waals surface area contributed by atoms with Gasteiger partial charge in [-0.1, -0.05) is 30.3 Å². The van der Waals surface area contributed by atoms with Crippen molar-refractivity contribution in [2.45, 2.75) is 25.4 Å². The van der Waals surface area contributed by atoms with Crippen LogP contribution in [0.4, 0.5) is 5.95 Å². The molecule has 1 aromatic heterocycles. The number of piperazine rings is 1. The van der Waals surface area contributed by atoms with Crippen molar-refractivity contribution in [3.05, 3.63) is 53.9 Å². The minimum atomic E-state index is 0.0478. The van der Waals surface area contributed by atoms with Crippen LogP contribution < -0.4 is 15.8 Å². The van der Waals surface area contributed by atoms with Crippen molar-refractivity contribution in [1.29, 1.82) is 0 Å². The maximum atomic E-state index is 12.0. The van der Waals surface area contributed by atoms with Gasteiger partial charge >= 0.3 is 0 Å². The number of aromatic nitrogens is 2. The van der Waals surface area contributed by atoms with Gasteiger partial charge in [0.15, 0.2) is 0 Å². The van der Waals surface area contributed by atoms with E-state index in [2.05, 4.69) is 42.8 Å². The second-order valence-electron chi connectivity index (χ2n) is 6.87. The molecular formula is C19H24N6O. The molecule has 26 heavy (non-hydrogen) atoms. The fraction of sp³-hybridized carbons (Fsp3) is 0.421. The average molecular weight is 352 g/mol. The van der Waals surface area contributed by atoms with Gasteiger partial charge < -0.3 is 4.90 Å². The Bertz CT molecular complexity index is 760. The van der Waals surface area contributed by atoms with Crippen LogP contribution in [0.1, 0.15) is 23.7 Å². The number of hydrogen-bond acceptors (Lipinski definition) is 6. The lowest BCUT2D eigenvalue weighted by molar-refractivity contribution is -0.126. The summed E-state index contributed by atoms with van der Waals surface area (Å²) in [5.74, 6) is 0.843. The number of nitrogens with zero attached hydrogens (tertiary/aromatic N) is 4. The predicted molar refractivity (Wildman–Crippen MR) is 99.4 cm³/mol. The molecule has 2 aromatic rings. The van der Waals surface area contributed by atoms with E-state index in [1.807, 2.05) is 37.4 Å². The van der Waals surface area contributed by atoms with Gasteiger partial charge in [-0.25, -0.2) is 15.4 Å². The smallest absolute Gasteiger partial charge is 0.235 e. The van der Waals surface area contributed by atoms with Gasteiger partial charge in [-0.05, 0) is 18.6 Å². The number of carbonyl (C=O) groups excluding carboxylic acids is 1. The summed E-state index contributed by atoms with van der Waals surface area (Å²) in [4.78, 5) is 25.5. The van der Waals surface area contributed by atoms with Crippen molar-refractivity contribution in [2.24, 2.45) is 0 Å². The van der Waals surface area contributed by atoms with E-state index >= 15 is 0 Å². The Kier molecular flexibility index (Phi) is 4.81. The second kappa shape index (κ2) is 7.39. The topological polar surface area (TPSA) is 73.4 Å². The second-order valence-corrected chi connectivity index (χ2v) is 6.87. The first-order valence-electron chi connectivity index (χ1n) is 9.09. The summed E-state index contributed by atoms with van der Waals surface area (Å²) in [6.07, 6.45) is 2.32. The third-order valence-corrected chi connectivity index (χ3v) is 5.15. The third-order valence-electron chi connectivity index (χ3n) is 5.15. The minimum Gasteiger partial charge on any atom is -0.338 e. The number of amides is 1. The van der Waals surface area contributed by atoms with Crippen molar-refractivity contribution in [3.8, 4) is 0 Å². The lowest BCUT2D eigenvalue weighted by Crippen LogP contribution is -2.60. The van der Waals surface area contributed by atoms with Crippen molar-refractivity contribution in [3.63, 3.8) is 0 Å². The Hall–Kier alpha value is -2.51. The van der Waals surface area contributed by atoms with Gasteiger partial charge in [-0.3, -0.25) is 15.1 Å². The van der Waals surface area contributed by atoms with Crippen LogP contribution in [0.5, 0.6) is 0 Å². The molecular weight excluding hydrogens is 328 g/mol. The van der Waals surface area contributed by atoms with E-state index in [1.54, 1.807) is 0 Å². The molecule has 0 saturated carbocycles. The minimum absolute atomic E-state index is 0.0478. The van der Waals surface area contributed by atoms with E-state index < -0.39 is 0 Å². The summed E-state index contributed by atoms with van der Waals surface area (Å²) in [5.41, 5.74) is 8.18. The monoisotopic (exact) mass is 352 g/mol. The van der Waals surface area contributed by atoms with Gasteiger partial charge in [0.05, 0.1) is 6.04 Å². The normalized spacial score (nSPS) is 24.3. The molecule has 7 heteroatoms. The molecule has 2 aliphatic rings. The molecule has 1 aromatic carbocycles. The van der Waals surface area contributed by atoms with Crippen LogP contribution in [0, 0.1) is 6.92 Å². The number of aryl methyl sites for hydroxylation is 1. The van der Waals surface area contributed by atoms with Crippen molar-refractivity contribution < 1.29 is 4.79 Å². The lowest BCUT2D eigenvalue weighted by Gasteiger charge is -2.44. The molecule has 2 aliphatic heterocycles. The summed E-state index contributed by atoms with van der Waals surface area (Å²) >= 11 is 0. The number of nitrogens with one attached hydrogen (secondary N) is 2. The molecule has 4 rings (SSSR count). The lowest BCUT2D eigenvalue weighted by atomic mass is 9.93. The number of hydrogen-bond donors (Lipinski definition) is 2. The molecule has 0 bridgehead atoms. The molecule has 2 fully saturated rings. The Morgan fingerprint density at radius 2 is 1.85 bits per heavy atom. The van der Waals surface area contributed by atoms with E-state index in [-0.39, 0.29) is 18.0 Å². The van der Waals surface area contributed by atoms with Gasteiger partial charge in [0, 0.05) is 50.5 Å². The Morgan fingerprint density at radius 1 is 1.08 bits per heavy atom. The van der Waals surface area contributed by atoms with Gasteiger partial charge in [0.2, 0.25) is 11.9 Å². The van der Waals surface area contributed by atoms with E-state index in [4.69, 9.17) is 0 Å². The van der Waals surface area contributed by atoms with Crippen molar-refractivity contribution in [1.82, 2.24) is 25.7 Å². The van der Waals surface area contributed by atoms with Crippen LogP contribution in [0.25, 0.3) is 0 Å². The maximum Gasteiger partial charge on any atom is 0.235 e. The highest BCUT2D eigenvalue weighted by atomic mass is 16.2. The van der Waals surface area contributed by atoms with Crippen LogP contribution in [0.2, 0.25) is 0 Å². The number of anilines is 1. The standard InChI is InChI=1S/C19H24N6O/c1-14-7-8-20-19(21-14)25-11-9-24(10-12-25)16-13-17(26)22-23-18(16)15-5-3-2-4-6-15/h2-8,16,18,23H,9-13H2,1H3,(H,22,26). The first-order chi connectivity index (χ1) is 12.7. The molecule has 1 amide bonds. The Labute approximate surface area is 153 Å². The first kappa shape index (κ1) is 16.9. The summed E-state index contributed by atoms with van der Waals surface area (Å²) in [6, 6.07) is 12.5. The predicted octanol–water partition coefficient (Wildman–Crippen LogP) is 1.04. The highest BCUT2D eigenvalue weighted by Gasteiger charge is 2.36. The highest BCUT2D eigenvalue weighted by Crippen LogP contribution is 2.27. The van der Waals surface area contributed by atoms with Gasteiger partial charge in [0.25, 0.3) is 0 Å². The number of benzene rings is 1. The van der Waals surface area contributed by atoms with Crippen LogP contribution in [0.15, 0.2) is 42.6 Å². The number of carbonyl (C=O) groups is 1. The summed E-state index contributed by atoms with van der Waals surface area (Å²) < 4.78 is 0. The van der Waals surface area contributed by atoms with E-state index in [0.29, 0.717) is 6.42 Å². The third kappa shape index (κ3) is 3.54. The van der Waals surface area contributed by atoms with Gasteiger partial charge in [0.1, 0.15) is 0 Å². The SMILES string of the molecule is Cc1ccnc(N2CCN(C3CC(=O)NNC3c3ccccc3)CC2)n1. The van der Waals surface area contributed by atoms with Crippen LogP contribution in [-0.4, -0.2) is 53.0 Å². The fourth-order valence-corrected chi connectivity index (χ4v) is 3.76. The largest absolute Gasteiger partial charge is 0.338 e. The molecule has 0 spiro atoms. The molecule has 2 atom stereocenters. The summed E-state index contributed by atoms with van der Waals surface area (Å²) in [5, 5.41) is 0. The van der Waals surface area contributed by atoms with Crippen LogP contribution >= 0.6 is 0 Å². The molecule has 3 heterocycles. The highest BCUT2D eigenvalue weighted by molar-refractivity contribution is 5.77. The molecule has 2 N–H and O–H groups in total. The van der Waals surface area contributed by atoms with Crippen molar-refractivity contribution in [2.75, 3.05) is 31.1 Å².